The fourth-order valence-corrected chi connectivity index (χ4v) is 1.46. The number of aromatic amines is 1. The highest BCUT2D eigenvalue weighted by Gasteiger charge is 2.00. The molecule has 2 aromatic rings. The van der Waals surface area contributed by atoms with Crippen LogP contribution in [0.2, 0.25) is 0 Å². The molecule has 5 nitrogen and oxygen atoms in total. The van der Waals surface area contributed by atoms with Gasteiger partial charge < -0.3 is 19.8 Å². The molecule has 0 aliphatic carbocycles. The van der Waals surface area contributed by atoms with E-state index < -0.39 is 0 Å². The second-order valence-electron chi connectivity index (χ2n) is 3.53. The van der Waals surface area contributed by atoms with E-state index in [9.17, 15) is 0 Å². The van der Waals surface area contributed by atoms with E-state index in [1.807, 2.05) is 12.3 Å². The maximum Gasteiger partial charge on any atom is 0.129 e. The third-order valence-corrected chi connectivity index (χ3v) is 2.30. The summed E-state index contributed by atoms with van der Waals surface area (Å²) in [6.45, 7) is 1.49. The van der Waals surface area contributed by atoms with E-state index >= 15 is 0 Å². The van der Waals surface area contributed by atoms with Crippen LogP contribution >= 0.6 is 0 Å². The van der Waals surface area contributed by atoms with Gasteiger partial charge in [0.05, 0.1) is 12.9 Å². The van der Waals surface area contributed by atoms with E-state index in [1.54, 1.807) is 12.4 Å². The molecule has 0 saturated heterocycles. The molecule has 0 saturated carbocycles. The van der Waals surface area contributed by atoms with Crippen molar-refractivity contribution in [3.8, 4) is 0 Å². The minimum absolute atomic E-state index is 0.0475. The van der Waals surface area contributed by atoms with Crippen LogP contribution in [0, 0.1) is 0 Å². The Morgan fingerprint density at radius 2 is 2.25 bits per heavy atom. The van der Waals surface area contributed by atoms with Gasteiger partial charge in [-0.25, -0.2) is 4.98 Å². The highest BCUT2D eigenvalue weighted by Crippen LogP contribution is 2.06. The molecule has 0 amide bonds. The lowest BCUT2D eigenvalue weighted by atomic mass is 10.3. The van der Waals surface area contributed by atoms with E-state index in [0.717, 1.165) is 24.4 Å². The second kappa shape index (κ2) is 5.48. The van der Waals surface area contributed by atoms with Gasteiger partial charge in [0.1, 0.15) is 18.1 Å². The van der Waals surface area contributed by atoms with E-state index in [2.05, 4.69) is 15.3 Å². The molecule has 0 fully saturated rings. The Morgan fingerprint density at radius 3 is 2.94 bits per heavy atom. The number of furan rings is 1. The highest BCUT2D eigenvalue weighted by molar-refractivity contribution is 5.06. The van der Waals surface area contributed by atoms with Gasteiger partial charge in [-0.2, -0.15) is 0 Å². The first kappa shape index (κ1) is 10.9. The molecule has 0 atom stereocenters. The van der Waals surface area contributed by atoms with Crippen molar-refractivity contribution in [3.05, 3.63) is 41.9 Å². The topological polar surface area (TPSA) is 74.1 Å². The maximum atomic E-state index is 8.82. The van der Waals surface area contributed by atoms with E-state index in [0.29, 0.717) is 12.3 Å². The van der Waals surface area contributed by atoms with Gasteiger partial charge in [-0.15, -0.1) is 0 Å². The highest BCUT2D eigenvalue weighted by atomic mass is 16.4. The molecular formula is C11H15N3O2. The largest absolute Gasteiger partial charge is 0.462 e. The minimum Gasteiger partial charge on any atom is -0.462 e. The molecule has 3 N–H and O–H groups in total. The Balaban J connectivity index is 1.68. The van der Waals surface area contributed by atoms with Crippen molar-refractivity contribution >= 4 is 0 Å². The van der Waals surface area contributed by atoms with Crippen molar-refractivity contribution in [1.82, 2.24) is 15.3 Å². The second-order valence-corrected chi connectivity index (χ2v) is 3.53. The molecule has 0 radical (unpaired) electrons. The van der Waals surface area contributed by atoms with Crippen molar-refractivity contribution in [1.29, 1.82) is 0 Å². The summed E-state index contributed by atoms with van der Waals surface area (Å²) in [7, 11) is 0. The molecule has 0 aliphatic heterocycles. The Kier molecular flexibility index (Phi) is 3.74. The third kappa shape index (κ3) is 2.95. The van der Waals surface area contributed by atoms with Crippen LogP contribution in [0.1, 0.15) is 17.2 Å². The first-order chi connectivity index (χ1) is 7.88. The lowest BCUT2D eigenvalue weighted by Crippen LogP contribution is -2.16. The van der Waals surface area contributed by atoms with Gasteiger partial charge in [-0.05, 0) is 12.1 Å². The summed E-state index contributed by atoms with van der Waals surface area (Å²) < 4.78 is 5.34. The number of rotatable bonds is 6. The number of hydrogen-bond acceptors (Lipinski definition) is 4. The van der Waals surface area contributed by atoms with Gasteiger partial charge in [0.2, 0.25) is 0 Å². The summed E-state index contributed by atoms with van der Waals surface area (Å²) in [5.41, 5.74) is 1.11. The summed E-state index contributed by atoms with van der Waals surface area (Å²) in [6.07, 6.45) is 4.40. The SMILES string of the molecule is OCc1ccc(CNCCc2cnc[nH]2)o1. The first-order valence-corrected chi connectivity index (χ1v) is 5.25. The van der Waals surface area contributed by atoms with Crippen molar-refractivity contribution < 1.29 is 9.52 Å². The first-order valence-electron chi connectivity index (χ1n) is 5.25. The zero-order valence-electron chi connectivity index (χ0n) is 8.94. The molecule has 16 heavy (non-hydrogen) atoms. The zero-order chi connectivity index (χ0) is 11.2. The number of hydrogen-bond donors (Lipinski definition) is 3. The van der Waals surface area contributed by atoms with E-state index in [1.165, 1.54) is 0 Å². The normalized spacial score (nSPS) is 10.8. The quantitative estimate of drug-likeness (QED) is 0.631. The van der Waals surface area contributed by atoms with Crippen LogP contribution in [-0.2, 0) is 19.6 Å². The molecular weight excluding hydrogens is 206 g/mol. The molecule has 86 valence electrons. The predicted molar refractivity (Wildman–Crippen MR) is 58.6 cm³/mol. The van der Waals surface area contributed by atoms with Gasteiger partial charge in [0, 0.05) is 24.9 Å². The number of nitrogens with zero attached hydrogens (tertiary/aromatic N) is 1. The fraction of sp³-hybridized carbons (Fsp3) is 0.364. The Labute approximate surface area is 93.5 Å². The van der Waals surface area contributed by atoms with Gasteiger partial charge in [0.25, 0.3) is 0 Å². The lowest BCUT2D eigenvalue weighted by Gasteiger charge is -2.00. The zero-order valence-corrected chi connectivity index (χ0v) is 8.94. The van der Waals surface area contributed by atoms with Crippen molar-refractivity contribution in [2.45, 2.75) is 19.6 Å². The molecule has 2 heterocycles. The average molecular weight is 221 g/mol. The number of aliphatic hydroxyl groups is 1. The van der Waals surface area contributed by atoms with E-state index in [-0.39, 0.29) is 6.61 Å². The minimum atomic E-state index is -0.0475. The van der Waals surface area contributed by atoms with Gasteiger partial charge >= 0.3 is 0 Å². The lowest BCUT2D eigenvalue weighted by molar-refractivity contribution is 0.243. The molecule has 2 aromatic heterocycles. The van der Waals surface area contributed by atoms with Gasteiger partial charge in [-0.3, -0.25) is 0 Å². The van der Waals surface area contributed by atoms with Crippen molar-refractivity contribution in [2.75, 3.05) is 6.54 Å². The standard InChI is InChI=1S/C11H15N3O2/c15-7-11-2-1-10(16-11)6-12-4-3-9-5-13-8-14-9/h1-2,5,8,12,15H,3-4,6-7H2,(H,13,14). The van der Waals surface area contributed by atoms with Crippen molar-refractivity contribution in [2.24, 2.45) is 0 Å². The van der Waals surface area contributed by atoms with Crippen LogP contribution in [0.15, 0.2) is 29.1 Å². The summed E-state index contributed by atoms with van der Waals surface area (Å²) >= 11 is 0. The summed E-state index contributed by atoms with van der Waals surface area (Å²) in [6, 6.07) is 3.65. The summed E-state index contributed by atoms with van der Waals surface area (Å²) in [4.78, 5) is 6.99. The number of H-pyrrole nitrogens is 1. The number of aromatic nitrogens is 2. The van der Waals surface area contributed by atoms with Crippen LogP contribution in [0.25, 0.3) is 0 Å². The monoisotopic (exact) mass is 221 g/mol. The Morgan fingerprint density at radius 1 is 1.38 bits per heavy atom. The molecule has 0 aliphatic rings. The summed E-state index contributed by atoms with van der Waals surface area (Å²) in [5.74, 6) is 1.44. The molecule has 0 unspecified atom stereocenters. The smallest absolute Gasteiger partial charge is 0.129 e. The Bertz CT molecular complexity index is 409. The number of nitrogens with one attached hydrogen (secondary N) is 2. The number of aliphatic hydroxyl groups excluding tert-OH is 1. The van der Waals surface area contributed by atoms with Crippen LogP contribution in [0.3, 0.4) is 0 Å². The van der Waals surface area contributed by atoms with Gasteiger partial charge in [0.15, 0.2) is 0 Å². The van der Waals surface area contributed by atoms with Crippen molar-refractivity contribution in [3.63, 3.8) is 0 Å². The van der Waals surface area contributed by atoms with Crippen LogP contribution < -0.4 is 5.32 Å². The summed E-state index contributed by atoms with van der Waals surface area (Å²) in [5, 5.41) is 12.1. The van der Waals surface area contributed by atoms with Crippen LogP contribution in [-0.4, -0.2) is 21.6 Å². The molecule has 5 heteroatoms. The Hall–Kier alpha value is -1.59. The third-order valence-electron chi connectivity index (χ3n) is 2.30. The number of imidazole rings is 1. The van der Waals surface area contributed by atoms with Gasteiger partial charge in [-0.1, -0.05) is 0 Å². The van der Waals surface area contributed by atoms with Crippen LogP contribution in [0.5, 0.6) is 0 Å². The van der Waals surface area contributed by atoms with Crippen LogP contribution in [0.4, 0.5) is 0 Å². The molecule has 0 aromatic carbocycles. The fourth-order valence-electron chi connectivity index (χ4n) is 1.46. The predicted octanol–water partition coefficient (Wildman–Crippen LogP) is 0.827. The molecule has 2 rings (SSSR count). The molecule has 0 bridgehead atoms. The maximum absolute atomic E-state index is 8.82. The molecule has 0 spiro atoms. The van der Waals surface area contributed by atoms with E-state index in [4.69, 9.17) is 9.52 Å². The average Bonchev–Trinajstić information content (AvgIpc) is 2.95.